The number of aliphatic hydroxyl groups excluding tert-OH is 1. The van der Waals surface area contributed by atoms with E-state index in [-0.39, 0.29) is 6.10 Å². The Labute approximate surface area is 99.1 Å². The summed E-state index contributed by atoms with van der Waals surface area (Å²) in [6.45, 7) is 3.56. The lowest BCUT2D eigenvalue weighted by atomic mass is 10.2. The third-order valence-corrected chi connectivity index (χ3v) is 2.65. The maximum atomic E-state index is 9.34. The van der Waals surface area contributed by atoms with Gasteiger partial charge in [0.2, 0.25) is 0 Å². The van der Waals surface area contributed by atoms with Crippen molar-refractivity contribution in [3.63, 3.8) is 0 Å². The second kappa shape index (κ2) is 6.93. The van der Waals surface area contributed by atoms with Gasteiger partial charge in [-0.2, -0.15) is 0 Å². The lowest BCUT2D eigenvalue weighted by Crippen LogP contribution is -2.20. The number of hydrogen-bond donors (Lipinski definition) is 2. The fourth-order valence-electron chi connectivity index (χ4n) is 1.24. The molecule has 0 aliphatic carbocycles. The number of halogens is 1. The van der Waals surface area contributed by atoms with E-state index in [1.54, 1.807) is 0 Å². The Kier molecular flexibility index (Phi) is 5.83. The van der Waals surface area contributed by atoms with Crippen LogP contribution in [0.5, 0.6) is 0 Å². The van der Waals surface area contributed by atoms with Gasteiger partial charge in [0.05, 0.1) is 11.8 Å². The van der Waals surface area contributed by atoms with Gasteiger partial charge in [-0.05, 0) is 47.4 Å². The van der Waals surface area contributed by atoms with E-state index in [2.05, 4.69) is 26.2 Å². The number of aromatic nitrogens is 1. The molecule has 1 aromatic rings. The van der Waals surface area contributed by atoms with E-state index >= 15 is 0 Å². The molecular weight excluding hydrogens is 256 g/mol. The van der Waals surface area contributed by atoms with Crippen molar-refractivity contribution in [1.82, 2.24) is 10.3 Å². The van der Waals surface area contributed by atoms with Gasteiger partial charge in [0.15, 0.2) is 0 Å². The Hall–Kier alpha value is -0.450. The summed E-state index contributed by atoms with van der Waals surface area (Å²) in [7, 11) is 0. The molecule has 0 saturated heterocycles. The van der Waals surface area contributed by atoms with Gasteiger partial charge < -0.3 is 10.4 Å². The van der Waals surface area contributed by atoms with Crippen molar-refractivity contribution >= 4 is 15.9 Å². The van der Waals surface area contributed by atoms with Crippen LogP contribution in [0.2, 0.25) is 0 Å². The highest BCUT2D eigenvalue weighted by Crippen LogP contribution is 2.05. The number of nitrogens with one attached hydrogen (secondary N) is 1. The second-order valence-corrected chi connectivity index (χ2v) is 4.29. The highest BCUT2D eigenvalue weighted by molar-refractivity contribution is 9.10. The van der Waals surface area contributed by atoms with Crippen LogP contribution in [0.25, 0.3) is 0 Å². The number of rotatable bonds is 6. The molecule has 1 aromatic heterocycles. The van der Waals surface area contributed by atoms with Gasteiger partial charge in [0.1, 0.15) is 4.60 Å². The van der Waals surface area contributed by atoms with Crippen molar-refractivity contribution in [3.8, 4) is 0 Å². The van der Waals surface area contributed by atoms with Crippen molar-refractivity contribution in [2.75, 3.05) is 6.54 Å². The number of pyridine rings is 1. The molecule has 2 N–H and O–H groups in total. The summed E-state index contributed by atoms with van der Waals surface area (Å²) in [6.07, 6.45) is 1.43. The molecule has 0 fully saturated rings. The number of nitrogens with zero attached hydrogens (tertiary/aromatic N) is 1. The molecule has 0 aromatic carbocycles. The summed E-state index contributed by atoms with van der Waals surface area (Å²) in [6, 6.07) is 5.85. The van der Waals surface area contributed by atoms with Gasteiger partial charge in [0, 0.05) is 6.54 Å². The van der Waals surface area contributed by atoms with Gasteiger partial charge in [-0.1, -0.05) is 13.0 Å². The van der Waals surface area contributed by atoms with Crippen LogP contribution in [0.4, 0.5) is 0 Å². The van der Waals surface area contributed by atoms with Crippen LogP contribution < -0.4 is 5.32 Å². The van der Waals surface area contributed by atoms with Gasteiger partial charge in [-0.3, -0.25) is 0 Å². The van der Waals surface area contributed by atoms with E-state index in [0.29, 0.717) is 0 Å². The molecule has 0 aliphatic heterocycles. The van der Waals surface area contributed by atoms with Gasteiger partial charge in [0.25, 0.3) is 0 Å². The first kappa shape index (κ1) is 12.6. The smallest absolute Gasteiger partial charge is 0.106 e. The van der Waals surface area contributed by atoms with Gasteiger partial charge >= 0.3 is 0 Å². The topological polar surface area (TPSA) is 45.1 Å². The average Bonchev–Trinajstić information content (AvgIpc) is 2.24. The summed E-state index contributed by atoms with van der Waals surface area (Å²) in [4.78, 5) is 4.30. The standard InChI is InChI=1S/C11H17BrN2O/c1-2-10(15)6-7-13-8-9-4-3-5-11(12)14-9/h3-5,10,13,15H,2,6-8H2,1H3. The van der Waals surface area contributed by atoms with Crippen molar-refractivity contribution in [3.05, 3.63) is 28.5 Å². The molecule has 0 bridgehead atoms. The summed E-state index contributed by atoms with van der Waals surface area (Å²) < 4.78 is 0.857. The Bertz CT molecular complexity index is 294. The van der Waals surface area contributed by atoms with Gasteiger partial charge in [-0.25, -0.2) is 4.98 Å². The molecule has 84 valence electrons. The fraction of sp³-hybridized carbons (Fsp3) is 0.545. The molecule has 0 aliphatic rings. The minimum absolute atomic E-state index is 0.187. The summed E-state index contributed by atoms with van der Waals surface area (Å²) in [5, 5.41) is 12.6. The maximum absolute atomic E-state index is 9.34. The number of hydrogen-bond acceptors (Lipinski definition) is 3. The van der Waals surface area contributed by atoms with Crippen molar-refractivity contribution < 1.29 is 5.11 Å². The molecule has 3 nitrogen and oxygen atoms in total. The highest BCUT2D eigenvalue weighted by Gasteiger charge is 2.00. The first-order valence-corrected chi connectivity index (χ1v) is 6.02. The van der Waals surface area contributed by atoms with Crippen molar-refractivity contribution in [2.45, 2.75) is 32.4 Å². The largest absolute Gasteiger partial charge is 0.393 e. The Morgan fingerprint density at radius 2 is 2.33 bits per heavy atom. The zero-order chi connectivity index (χ0) is 11.1. The van der Waals surface area contributed by atoms with E-state index in [4.69, 9.17) is 0 Å². The molecule has 0 spiro atoms. The van der Waals surface area contributed by atoms with Crippen LogP contribution in [0.15, 0.2) is 22.8 Å². The van der Waals surface area contributed by atoms with Crippen LogP contribution in [0, 0.1) is 0 Å². The lowest BCUT2D eigenvalue weighted by Gasteiger charge is -2.08. The monoisotopic (exact) mass is 272 g/mol. The molecule has 0 radical (unpaired) electrons. The van der Waals surface area contributed by atoms with E-state index in [0.717, 1.165) is 36.2 Å². The predicted octanol–water partition coefficient (Wildman–Crippen LogP) is 2.09. The quantitative estimate of drug-likeness (QED) is 0.616. The van der Waals surface area contributed by atoms with Crippen molar-refractivity contribution in [1.29, 1.82) is 0 Å². The Balaban J connectivity index is 2.20. The van der Waals surface area contributed by atoms with E-state index in [9.17, 15) is 5.11 Å². The number of aliphatic hydroxyl groups is 1. The molecule has 0 saturated carbocycles. The first-order valence-electron chi connectivity index (χ1n) is 5.22. The molecule has 1 rings (SSSR count). The van der Waals surface area contributed by atoms with E-state index < -0.39 is 0 Å². The first-order chi connectivity index (χ1) is 7.22. The Morgan fingerprint density at radius 3 is 3.00 bits per heavy atom. The minimum Gasteiger partial charge on any atom is -0.393 e. The minimum atomic E-state index is -0.187. The fourth-order valence-corrected chi connectivity index (χ4v) is 1.62. The summed E-state index contributed by atoms with van der Waals surface area (Å²) in [5.74, 6) is 0. The van der Waals surface area contributed by atoms with E-state index in [1.807, 2.05) is 25.1 Å². The summed E-state index contributed by atoms with van der Waals surface area (Å²) in [5.41, 5.74) is 1.01. The van der Waals surface area contributed by atoms with E-state index in [1.165, 1.54) is 0 Å². The van der Waals surface area contributed by atoms with Crippen molar-refractivity contribution in [2.24, 2.45) is 0 Å². The molecule has 0 amide bonds. The summed E-state index contributed by atoms with van der Waals surface area (Å²) >= 11 is 3.33. The third-order valence-electron chi connectivity index (χ3n) is 2.20. The van der Waals surface area contributed by atoms with Crippen LogP contribution in [0.3, 0.4) is 0 Å². The second-order valence-electron chi connectivity index (χ2n) is 3.48. The predicted molar refractivity (Wildman–Crippen MR) is 64.6 cm³/mol. The third kappa shape index (κ3) is 5.25. The molecule has 1 unspecified atom stereocenters. The molecule has 4 heteroatoms. The lowest BCUT2D eigenvalue weighted by molar-refractivity contribution is 0.159. The SMILES string of the molecule is CCC(O)CCNCc1cccc(Br)n1. The maximum Gasteiger partial charge on any atom is 0.106 e. The Morgan fingerprint density at radius 1 is 1.53 bits per heavy atom. The molecule has 1 atom stereocenters. The molecule has 1 heterocycles. The molecule has 15 heavy (non-hydrogen) atoms. The zero-order valence-electron chi connectivity index (χ0n) is 8.91. The highest BCUT2D eigenvalue weighted by atomic mass is 79.9. The zero-order valence-corrected chi connectivity index (χ0v) is 10.5. The van der Waals surface area contributed by atoms with Crippen LogP contribution in [-0.2, 0) is 6.54 Å². The average molecular weight is 273 g/mol. The normalized spacial score (nSPS) is 12.7. The van der Waals surface area contributed by atoms with Crippen LogP contribution in [-0.4, -0.2) is 22.7 Å². The molecular formula is C11H17BrN2O. The van der Waals surface area contributed by atoms with Gasteiger partial charge in [-0.15, -0.1) is 0 Å². The van der Waals surface area contributed by atoms with Crippen LogP contribution in [0.1, 0.15) is 25.5 Å². The van der Waals surface area contributed by atoms with Crippen LogP contribution >= 0.6 is 15.9 Å².